The molecule has 7 nitrogen and oxygen atoms in total. The third-order valence-corrected chi connectivity index (χ3v) is 6.57. The van der Waals surface area contributed by atoms with E-state index in [2.05, 4.69) is 5.32 Å². The Morgan fingerprint density at radius 2 is 1.43 bits per heavy atom. The zero-order valence-electron chi connectivity index (χ0n) is 16.0. The van der Waals surface area contributed by atoms with Gasteiger partial charge in [0.25, 0.3) is 0 Å². The first-order valence-electron chi connectivity index (χ1n) is 9.65. The summed E-state index contributed by atoms with van der Waals surface area (Å²) in [7, 11) is 0. The van der Waals surface area contributed by atoms with Gasteiger partial charge in [0.2, 0.25) is 5.78 Å². The van der Waals surface area contributed by atoms with E-state index in [9.17, 15) is 30.0 Å². The fourth-order valence-corrected chi connectivity index (χ4v) is 4.54. The fourth-order valence-electron chi connectivity index (χ4n) is 4.54. The number of aromatic hydroxyl groups is 2. The number of fused-ring (bicyclic) bond motifs is 2. The van der Waals surface area contributed by atoms with Crippen molar-refractivity contribution in [3.05, 3.63) is 34.0 Å². The standard InChI is InChI=1S/C21H25NO6/c1-20(27)8-11-12(9-21(20,2)28)18(25)16-15(17(11)24)14(23)7-13(19(16)26)22-10-5-3-4-6-10/h7,10,22,24-25,27-28H,3-6,8-9H2,1-2H3/t20-,21+/m1/s1. The van der Waals surface area contributed by atoms with Crippen LogP contribution in [0.15, 0.2) is 11.8 Å². The van der Waals surface area contributed by atoms with Gasteiger partial charge < -0.3 is 25.7 Å². The molecule has 7 heteroatoms. The average Bonchev–Trinajstić information content (AvgIpc) is 3.10. The molecule has 0 spiro atoms. The lowest BCUT2D eigenvalue weighted by Crippen LogP contribution is -2.55. The number of carbonyl (C=O) groups excluding carboxylic acids is 2. The molecule has 0 amide bonds. The lowest BCUT2D eigenvalue weighted by atomic mass is 9.69. The van der Waals surface area contributed by atoms with E-state index >= 15 is 0 Å². The smallest absolute Gasteiger partial charge is 0.213 e. The maximum atomic E-state index is 13.0. The topological polar surface area (TPSA) is 127 Å². The van der Waals surface area contributed by atoms with E-state index in [1.807, 2.05) is 0 Å². The van der Waals surface area contributed by atoms with Crippen molar-refractivity contribution < 1.29 is 30.0 Å². The number of nitrogens with one attached hydrogen (secondary N) is 1. The SMILES string of the molecule is C[C@]1(O)Cc2c(O)c3c(c(O)c2C[C@@]1(C)O)C(=O)C=C(NC1CCCC1)C3=O. The van der Waals surface area contributed by atoms with E-state index in [-0.39, 0.29) is 46.8 Å². The number of phenols is 2. The molecule has 3 aliphatic rings. The van der Waals surface area contributed by atoms with E-state index in [0.29, 0.717) is 0 Å². The van der Waals surface area contributed by atoms with Crippen molar-refractivity contribution >= 4 is 11.6 Å². The summed E-state index contributed by atoms with van der Waals surface area (Å²) >= 11 is 0. The molecular weight excluding hydrogens is 362 g/mol. The van der Waals surface area contributed by atoms with Crippen molar-refractivity contribution in [1.29, 1.82) is 0 Å². The molecule has 150 valence electrons. The first-order chi connectivity index (χ1) is 13.0. The molecule has 0 unspecified atom stereocenters. The number of benzene rings is 1. The van der Waals surface area contributed by atoms with E-state index < -0.39 is 34.3 Å². The van der Waals surface area contributed by atoms with Crippen molar-refractivity contribution in [2.45, 2.75) is 69.6 Å². The molecule has 1 saturated carbocycles. The monoisotopic (exact) mass is 387 g/mol. The van der Waals surface area contributed by atoms with Crippen LogP contribution in [-0.4, -0.2) is 49.2 Å². The predicted octanol–water partition coefficient (Wildman–Crippen LogP) is 1.49. The van der Waals surface area contributed by atoms with E-state index in [1.54, 1.807) is 0 Å². The maximum absolute atomic E-state index is 13.0. The van der Waals surface area contributed by atoms with Gasteiger partial charge in [0.15, 0.2) is 5.78 Å². The lowest BCUT2D eigenvalue weighted by Gasteiger charge is -2.44. The zero-order chi connectivity index (χ0) is 20.4. The Kier molecular flexibility index (Phi) is 4.10. The number of hydrogen-bond acceptors (Lipinski definition) is 7. The Labute approximate surface area is 162 Å². The molecule has 28 heavy (non-hydrogen) atoms. The third kappa shape index (κ3) is 2.64. The Balaban J connectivity index is 1.83. The van der Waals surface area contributed by atoms with Crippen LogP contribution in [0.3, 0.4) is 0 Å². The number of allylic oxidation sites excluding steroid dienone is 2. The van der Waals surface area contributed by atoms with Crippen LogP contribution in [0.25, 0.3) is 0 Å². The van der Waals surface area contributed by atoms with Gasteiger partial charge in [-0.1, -0.05) is 12.8 Å². The number of aliphatic hydroxyl groups is 2. The fraction of sp³-hybridized carbons (Fsp3) is 0.524. The minimum Gasteiger partial charge on any atom is -0.507 e. The number of phenolic OH excluding ortho intramolecular Hbond substituents is 2. The van der Waals surface area contributed by atoms with Crippen LogP contribution in [0.4, 0.5) is 0 Å². The molecule has 4 rings (SSSR count). The highest BCUT2D eigenvalue weighted by molar-refractivity contribution is 6.26. The highest BCUT2D eigenvalue weighted by atomic mass is 16.4. The summed E-state index contributed by atoms with van der Waals surface area (Å²) < 4.78 is 0. The van der Waals surface area contributed by atoms with Crippen LogP contribution in [0.2, 0.25) is 0 Å². The van der Waals surface area contributed by atoms with Gasteiger partial charge in [0.1, 0.15) is 11.5 Å². The predicted molar refractivity (Wildman–Crippen MR) is 101 cm³/mol. The largest absolute Gasteiger partial charge is 0.507 e. The second-order valence-corrected chi connectivity index (χ2v) is 8.68. The van der Waals surface area contributed by atoms with Crippen LogP contribution in [0.5, 0.6) is 11.5 Å². The molecule has 0 saturated heterocycles. The highest BCUT2D eigenvalue weighted by Gasteiger charge is 2.49. The van der Waals surface area contributed by atoms with Crippen LogP contribution in [0.1, 0.15) is 71.4 Å². The Hall–Kier alpha value is -2.38. The maximum Gasteiger partial charge on any atom is 0.213 e. The molecule has 0 radical (unpaired) electrons. The minimum absolute atomic E-state index is 0.105. The first kappa shape index (κ1) is 19.0. The molecule has 1 aromatic carbocycles. The summed E-state index contributed by atoms with van der Waals surface area (Å²) in [5, 5.41) is 45.9. The van der Waals surface area contributed by atoms with Gasteiger partial charge in [0.05, 0.1) is 28.0 Å². The summed E-state index contributed by atoms with van der Waals surface area (Å²) in [5.74, 6) is -1.93. The molecule has 0 heterocycles. The van der Waals surface area contributed by atoms with E-state index in [1.165, 1.54) is 19.9 Å². The van der Waals surface area contributed by atoms with Crippen molar-refractivity contribution in [3.8, 4) is 11.5 Å². The molecule has 0 aliphatic heterocycles. The minimum atomic E-state index is -1.57. The molecule has 1 aromatic rings. The van der Waals surface area contributed by atoms with Gasteiger partial charge in [-0.2, -0.15) is 0 Å². The van der Waals surface area contributed by atoms with E-state index in [0.717, 1.165) is 25.7 Å². The Bertz CT molecular complexity index is 922. The Morgan fingerprint density at radius 1 is 0.929 bits per heavy atom. The summed E-state index contributed by atoms with van der Waals surface area (Å²) in [6.45, 7) is 2.87. The molecule has 3 aliphatic carbocycles. The number of carbonyl (C=O) groups is 2. The molecule has 5 N–H and O–H groups in total. The van der Waals surface area contributed by atoms with Crippen LogP contribution in [-0.2, 0) is 12.8 Å². The van der Waals surface area contributed by atoms with Gasteiger partial charge in [-0.05, 0) is 26.7 Å². The van der Waals surface area contributed by atoms with Gasteiger partial charge in [-0.25, -0.2) is 0 Å². The van der Waals surface area contributed by atoms with Crippen molar-refractivity contribution in [2.24, 2.45) is 0 Å². The second-order valence-electron chi connectivity index (χ2n) is 8.68. The van der Waals surface area contributed by atoms with Gasteiger partial charge in [-0.15, -0.1) is 0 Å². The molecule has 2 atom stereocenters. The summed E-state index contributed by atoms with van der Waals surface area (Å²) in [6, 6.07) is 0.105. The Morgan fingerprint density at radius 3 is 1.96 bits per heavy atom. The second kappa shape index (κ2) is 6.06. The van der Waals surface area contributed by atoms with E-state index in [4.69, 9.17) is 0 Å². The zero-order valence-corrected chi connectivity index (χ0v) is 16.0. The van der Waals surface area contributed by atoms with Crippen molar-refractivity contribution in [3.63, 3.8) is 0 Å². The molecule has 0 bridgehead atoms. The quantitative estimate of drug-likeness (QED) is 0.487. The normalized spacial score (nSPS) is 30.1. The lowest BCUT2D eigenvalue weighted by molar-refractivity contribution is -0.135. The average molecular weight is 387 g/mol. The number of hydrogen-bond donors (Lipinski definition) is 5. The number of rotatable bonds is 2. The van der Waals surface area contributed by atoms with Crippen LogP contribution < -0.4 is 5.32 Å². The summed E-state index contributed by atoms with van der Waals surface area (Å²) in [4.78, 5) is 25.7. The van der Waals surface area contributed by atoms with Crippen molar-refractivity contribution in [2.75, 3.05) is 0 Å². The van der Waals surface area contributed by atoms with Crippen LogP contribution in [0, 0.1) is 0 Å². The molecule has 0 aromatic heterocycles. The highest BCUT2D eigenvalue weighted by Crippen LogP contribution is 2.48. The third-order valence-electron chi connectivity index (χ3n) is 6.57. The molecule has 1 fully saturated rings. The first-order valence-corrected chi connectivity index (χ1v) is 9.65. The van der Waals surface area contributed by atoms with Crippen LogP contribution >= 0.6 is 0 Å². The van der Waals surface area contributed by atoms with Gasteiger partial charge >= 0.3 is 0 Å². The molecular formula is C21H25NO6. The summed E-state index contributed by atoms with van der Waals surface area (Å²) in [5.41, 5.74) is -3.11. The number of ketones is 2. The van der Waals surface area contributed by atoms with Gasteiger partial charge in [-0.3, -0.25) is 9.59 Å². The van der Waals surface area contributed by atoms with Crippen molar-refractivity contribution in [1.82, 2.24) is 5.32 Å². The summed E-state index contributed by atoms with van der Waals surface area (Å²) in [6.07, 6.45) is 4.79. The number of Topliss-reactive ketones (excluding diaryl/α,β-unsaturated/α-hetero) is 1. The van der Waals surface area contributed by atoms with Gasteiger partial charge in [0, 0.05) is 36.1 Å².